The fraction of sp³-hybridized carbons (Fsp3) is 0.375. The molecular formula is C24H30N6OS2. The predicted octanol–water partition coefficient (Wildman–Crippen LogP) is 4.07. The first-order valence-electron chi connectivity index (χ1n) is 10.8. The molecule has 3 rings (SSSR count). The Balaban J connectivity index is 1.32. The van der Waals surface area contributed by atoms with E-state index < -0.39 is 0 Å². The van der Waals surface area contributed by atoms with Crippen molar-refractivity contribution < 1.29 is 4.42 Å². The third-order valence-corrected chi connectivity index (χ3v) is 6.51. The first kappa shape index (κ1) is 25.0. The molecule has 0 radical (unpaired) electrons. The predicted molar refractivity (Wildman–Crippen MR) is 139 cm³/mol. The number of para-hydroxylation sites is 1. The highest BCUT2D eigenvalue weighted by Gasteiger charge is 2.04. The van der Waals surface area contributed by atoms with E-state index in [9.17, 15) is 0 Å². The lowest BCUT2D eigenvalue weighted by Gasteiger charge is -2.08. The molecule has 0 saturated heterocycles. The first-order valence-corrected chi connectivity index (χ1v) is 13.1. The molecule has 1 aromatic carbocycles. The van der Waals surface area contributed by atoms with E-state index in [1.54, 1.807) is 23.5 Å². The molecule has 2 N–H and O–H groups in total. The molecule has 0 saturated carbocycles. The Morgan fingerprint density at radius 2 is 1.88 bits per heavy atom. The maximum Gasteiger partial charge on any atom is 0.204 e. The Morgan fingerprint density at radius 3 is 2.73 bits per heavy atom. The van der Waals surface area contributed by atoms with Gasteiger partial charge in [-0.15, -0.1) is 0 Å². The lowest BCUT2D eigenvalue weighted by molar-refractivity contribution is 0.344. The lowest BCUT2D eigenvalue weighted by Crippen LogP contribution is -2.36. The number of guanidine groups is 1. The van der Waals surface area contributed by atoms with E-state index in [-0.39, 0.29) is 0 Å². The van der Waals surface area contributed by atoms with Crippen molar-refractivity contribution in [3.8, 4) is 6.19 Å². The molecule has 0 bridgehead atoms. The number of fused-ring (bicyclic) bond motifs is 1. The van der Waals surface area contributed by atoms with Crippen LogP contribution in [0.4, 0.5) is 0 Å². The van der Waals surface area contributed by atoms with Crippen molar-refractivity contribution in [3.05, 3.63) is 65.7 Å². The molecule has 0 aliphatic carbocycles. The zero-order valence-electron chi connectivity index (χ0n) is 19.1. The Hall–Kier alpha value is -2.67. The monoisotopic (exact) mass is 482 g/mol. The fourth-order valence-electron chi connectivity index (χ4n) is 3.09. The molecule has 0 spiro atoms. The van der Waals surface area contributed by atoms with E-state index in [1.165, 1.54) is 0 Å². The van der Waals surface area contributed by atoms with Crippen LogP contribution in [-0.2, 0) is 18.1 Å². The molecular weight excluding hydrogens is 452 g/mol. The van der Waals surface area contributed by atoms with Crippen molar-refractivity contribution >= 4 is 40.4 Å². The molecule has 174 valence electrons. The van der Waals surface area contributed by atoms with E-state index in [0.717, 1.165) is 64.2 Å². The van der Waals surface area contributed by atoms with Gasteiger partial charge in [0.1, 0.15) is 11.5 Å². The Bertz CT molecular complexity index is 1080. The van der Waals surface area contributed by atoms with Crippen LogP contribution in [0.15, 0.2) is 57.9 Å². The van der Waals surface area contributed by atoms with Crippen molar-refractivity contribution in [3.63, 3.8) is 0 Å². The van der Waals surface area contributed by atoms with E-state index >= 15 is 0 Å². The van der Waals surface area contributed by atoms with Crippen molar-refractivity contribution in [2.45, 2.75) is 18.1 Å². The molecule has 2 heterocycles. The molecule has 0 unspecified atom stereocenters. The number of benzene rings is 1. The molecule has 0 aliphatic rings. The van der Waals surface area contributed by atoms with Crippen molar-refractivity contribution in [2.75, 3.05) is 38.7 Å². The normalized spacial score (nSPS) is 11.6. The summed E-state index contributed by atoms with van der Waals surface area (Å²) in [5.41, 5.74) is 2.10. The van der Waals surface area contributed by atoms with Crippen molar-refractivity contribution in [1.29, 1.82) is 5.26 Å². The Labute approximate surface area is 204 Å². The molecule has 9 heteroatoms. The maximum atomic E-state index is 8.97. The number of hydrogen-bond acceptors (Lipinski definition) is 7. The molecule has 0 atom stereocenters. The van der Waals surface area contributed by atoms with E-state index in [0.29, 0.717) is 12.5 Å². The minimum absolute atomic E-state index is 0.522. The van der Waals surface area contributed by atoms with E-state index in [1.807, 2.05) is 50.6 Å². The van der Waals surface area contributed by atoms with Crippen LogP contribution in [0.1, 0.15) is 17.2 Å². The summed E-state index contributed by atoms with van der Waals surface area (Å²) in [6.45, 7) is 2.15. The van der Waals surface area contributed by atoms with Crippen LogP contribution in [-0.4, -0.2) is 54.5 Å². The average molecular weight is 483 g/mol. The van der Waals surface area contributed by atoms with Gasteiger partial charge in [-0.2, -0.15) is 28.8 Å². The minimum Gasteiger partial charge on any atom is -0.464 e. The molecule has 0 amide bonds. The summed E-state index contributed by atoms with van der Waals surface area (Å²) in [6.07, 6.45) is 1.95. The number of nitriles is 1. The topological polar surface area (TPSA) is 89.5 Å². The van der Waals surface area contributed by atoms with Crippen LogP contribution >= 0.6 is 23.5 Å². The van der Waals surface area contributed by atoms with Gasteiger partial charge < -0.3 is 14.6 Å². The quantitative estimate of drug-likeness (QED) is 0.131. The highest BCUT2D eigenvalue weighted by molar-refractivity contribution is 7.98. The van der Waals surface area contributed by atoms with Gasteiger partial charge in [0.2, 0.25) is 5.96 Å². The molecule has 2 aromatic heterocycles. The van der Waals surface area contributed by atoms with Gasteiger partial charge in [0.25, 0.3) is 0 Å². The highest BCUT2D eigenvalue weighted by atomic mass is 32.2. The van der Waals surface area contributed by atoms with Gasteiger partial charge in [0.05, 0.1) is 30.1 Å². The van der Waals surface area contributed by atoms with E-state index in [4.69, 9.17) is 14.7 Å². The lowest BCUT2D eigenvalue weighted by atomic mass is 10.2. The summed E-state index contributed by atoms with van der Waals surface area (Å²) >= 11 is 3.57. The van der Waals surface area contributed by atoms with Gasteiger partial charge in [-0.25, -0.2) is 0 Å². The summed E-state index contributed by atoms with van der Waals surface area (Å²) in [5.74, 6) is 5.89. The SMILES string of the molecule is CN(C)Cc1ccc(CSCCN=C(NC#N)NCCSCc2ccc3ccccc3n2)o1. The number of furan rings is 1. The van der Waals surface area contributed by atoms with E-state index in [2.05, 4.69) is 38.7 Å². The van der Waals surface area contributed by atoms with Crippen molar-refractivity contribution in [2.24, 2.45) is 4.99 Å². The molecule has 0 fully saturated rings. The standard InChI is InChI=1S/C24H30N6OS2/c1-30(2)15-21-9-10-22(31-21)17-33-14-12-27-24(28-18-25)26-11-13-32-16-20-8-7-19-5-3-4-6-23(19)29-20/h3-10H,11-17H2,1-2H3,(H2,26,27,28). The number of nitrogens with one attached hydrogen (secondary N) is 2. The van der Waals surface area contributed by atoms with Gasteiger partial charge in [0, 0.05) is 29.2 Å². The summed E-state index contributed by atoms with van der Waals surface area (Å²) in [4.78, 5) is 11.3. The summed E-state index contributed by atoms with van der Waals surface area (Å²) in [6, 6.07) is 16.4. The third-order valence-electron chi connectivity index (χ3n) is 4.56. The van der Waals surface area contributed by atoms with Crippen LogP contribution < -0.4 is 10.6 Å². The van der Waals surface area contributed by atoms with Gasteiger partial charge in [-0.05, 0) is 38.4 Å². The van der Waals surface area contributed by atoms with Crippen LogP contribution in [0, 0.1) is 11.5 Å². The van der Waals surface area contributed by atoms with Crippen LogP contribution in [0.5, 0.6) is 0 Å². The smallest absolute Gasteiger partial charge is 0.204 e. The molecule has 3 aromatic rings. The first-order chi connectivity index (χ1) is 16.1. The zero-order chi connectivity index (χ0) is 23.3. The van der Waals surface area contributed by atoms with Gasteiger partial charge >= 0.3 is 0 Å². The highest BCUT2D eigenvalue weighted by Crippen LogP contribution is 2.17. The van der Waals surface area contributed by atoms with Crippen LogP contribution in [0.25, 0.3) is 10.9 Å². The summed E-state index contributed by atoms with van der Waals surface area (Å²) < 4.78 is 5.82. The van der Waals surface area contributed by atoms with Crippen LogP contribution in [0.2, 0.25) is 0 Å². The number of aromatic nitrogens is 1. The Kier molecular flexibility index (Phi) is 10.4. The second kappa shape index (κ2) is 13.8. The number of nitrogens with zero attached hydrogens (tertiary/aromatic N) is 4. The largest absolute Gasteiger partial charge is 0.464 e. The summed E-state index contributed by atoms with van der Waals surface area (Å²) in [7, 11) is 4.05. The van der Waals surface area contributed by atoms with Crippen molar-refractivity contribution in [1.82, 2.24) is 20.5 Å². The number of thioether (sulfide) groups is 2. The number of aliphatic imine (C=N–C) groups is 1. The average Bonchev–Trinajstić information content (AvgIpc) is 3.24. The molecule has 33 heavy (non-hydrogen) atoms. The second-order valence-corrected chi connectivity index (χ2v) is 9.81. The fourth-order valence-corrected chi connectivity index (χ4v) is 4.57. The maximum absolute atomic E-state index is 8.97. The number of hydrogen-bond donors (Lipinski definition) is 2. The van der Waals surface area contributed by atoms with Gasteiger partial charge in [-0.1, -0.05) is 24.3 Å². The van der Waals surface area contributed by atoms with Gasteiger partial charge in [-0.3, -0.25) is 15.3 Å². The second-order valence-electron chi connectivity index (χ2n) is 7.60. The minimum atomic E-state index is 0.522. The molecule has 0 aliphatic heterocycles. The van der Waals surface area contributed by atoms with Crippen LogP contribution in [0.3, 0.4) is 0 Å². The van der Waals surface area contributed by atoms with Gasteiger partial charge in [0.15, 0.2) is 6.19 Å². The third kappa shape index (κ3) is 9.00. The number of pyridine rings is 1. The summed E-state index contributed by atoms with van der Waals surface area (Å²) in [5, 5.41) is 16.0. The molecule has 7 nitrogen and oxygen atoms in total. The zero-order valence-corrected chi connectivity index (χ0v) is 20.7. The Morgan fingerprint density at radius 1 is 1.06 bits per heavy atom. The number of rotatable bonds is 12.